The summed E-state index contributed by atoms with van der Waals surface area (Å²) in [7, 11) is 1.66. The second-order valence-corrected chi connectivity index (χ2v) is 6.72. The van der Waals surface area contributed by atoms with Gasteiger partial charge in [0.1, 0.15) is 5.75 Å². The number of nitrogens with one attached hydrogen (secondary N) is 2. The molecule has 2 aromatic carbocycles. The van der Waals surface area contributed by atoms with Crippen molar-refractivity contribution >= 4 is 29.9 Å². The van der Waals surface area contributed by atoms with Crippen molar-refractivity contribution in [2.24, 2.45) is 4.99 Å². The van der Waals surface area contributed by atoms with Crippen LogP contribution >= 0.6 is 24.0 Å². The fourth-order valence-corrected chi connectivity index (χ4v) is 2.99. The summed E-state index contributed by atoms with van der Waals surface area (Å²) in [5.74, 6) is 0.738. The number of ether oxygens (including phenoxy) is 1. The zero-order chi connectivity index (χ0) is 21.3. The van der Waals surface area contributed by atoms with E-state index in [-0.39, 0.29) is 29.7 Å². The van der Waals surface area contributed by atoms with Gasteiger partial charge in [0.2, 0.25) is 0 Å². The Kier molecular flexibility index (Phi) is 9.70. The van der Waals surface area contributed by atoms with Crippen LogP contribution in [0.15, 0.2) is 65.9 Å². The molecule has 0 saturated heterocycles. The molecule has 2 N–H and O–H groups in total. The summed E-state index contributed by atoms with van der Waals surface area (Å²) in [4.78, 5) is 4.18. The fraction of sp³-hybridized carbons (Fsp3) is 0.273. The van der Waals surface area contributed by atoms with Crippen LogP contribution < -0.4 is 15.4 Å². The number of nitrogens with zero attached hydrogens (tertiary/aromatic N) is 3. The van der Waals surface area contributed by atoms with Crippen molar-refractivity contribution in [1.82, 2.24) is 20.4 Å². The van der Waals surface area contributed by atoms with E-state index in [1.807, 2.05) is 60.4 Å². The van der Waals surface area contributed by atoms with E-state index in [0.717, 1.165) is 23.2 Å². The van der Waals surface area contributed by atoms with Crippen LogP contribution in [0.4, 0.5) is 8.78 Å². The predicted octanol–water partition coefficient (Wildman–Crippen LogP) is 4.31. The lowest BCUT2D eigenvalue weighted by atomic mass is 10.1. The van der Waals surface area contributed by atoms with Crippen molar-refractivity contribution in [3.05, 3.63) is 77.6 Å². The van der Waals surface area contributed by atoms with Gasteiger partial charge in [0, 0.05) is 31.9 Å². The van der Waals surface area contributed by atoms with E-state index in [4.69, 9.17) is 0 Å². The average molecular weight is 541 g/mol. The Hall–Kier alpha value is -2.69. The first-order valence-corrected chi connectivity index (χ1v) is 9.63. The molecule has 0 spiro atoms. The molecule has 31 heavy (non-hydrogen) atoms. The molecule has 3 aromatic rings. The van der Waals surface area contributed by atoms with Gasteiger partial charge in [0.15, 0.2) is 5.96 Å². The molecule has 0 atom stereocenters. The van der Waals surface area contributed by atoms with Crippen molar-refractivity contribution in [3.63, 3.8) is 0 Å². The van der Waals surface area contributed by atoms with Crippen LogP contribution in [-0.2, 0) is 13.0 Å². The van der Waals surface area contributed by atoms with Crippen molar-refractivity contribution < 1.29 is 13.5 Å². The first-order chi connectivity index (χ1) is 14.5. The number of aliphatic imine (C=N–C) groups is 1. The highest BCUT2D eigenvalue weighted by Crippen LogP contribution is 2.22. The molecule has 1 aromatic heterocycles. The highest BCUT2D eigenvalue weighted by molar-refractivity contribution is 14.0. The van der Waals surface area contributed by atoms with Crippen molar-refractivity contribution in [3.8, 4) is 11.4 Å². The second-order valence-electron chi connectivity index (χ2n) is 6.72. The zero-order valence-electron chi connectivity index (χ0n) is 17.4. The van der Waals surface area contributed by atoms with Gasteiger partial charge >= 0.3 is 6.61 Å². The number of aromatic nitrogens is 2. The lowest BCUT2D eigenvalue weighted by molar-refractivity contribution is -0.0504. The molecule has 6 nitrogen and oxygen atoms in total. The number of para-hydroxylation sites is 1. The molecular weight excluding hydrogens is 515 g/mol. The van der Waals surface area contributed by atoms with Crippen LogP contribution in [0.2, 0.25) is 0 Å². The Morgan fingerprint density at radius 2 is 1.94 bits per heavy atom. The third-order valence-electron chi connectivity index (χ3n) is 4.46. The van der Waals surface area contributed by atoms with Crippen LogP contribution in [0.3, 0.4) is 0 Å². The van der Waals surface area contributed by atoms with Gasteiger partial charge in [-0.25, -0.2) is 4.68 Å². The third kappa shape index (κ3) is 7.50. The number of hydrogen-bond acceptors (Lipinski definition) is 3. The van der Waals surface area contributed by atoms with E-state index >= 15 is 0 Å². The summed E-state index contributed by atoms with van der Waals surface area (Å²) in [6, 6.07) is 15.0. The van der Waals surface area contributed by atoms with Gasteiger partial charge in [-0.2, -0.15) is 13.9 Å². The van der Waals surface area contributed by atoms with Crippen LogP contribution in [0.5, 0.6) is 5.75 Å². The number of halogens is 3. The van der Waals surface area contributed by atoms with Crippen LogP contribution in [0.25, 0.3) is 5.69 Å². The molecule has 0 amide bonds. The first-order valence-electron chi connectivity index (χ1n) is 9.63. The quantitative estimate of drug-likeness (QED) is 0.254. The Morgan fingerprint density at radius 3 is 2.65 bits per heavy atom. The predicted molar refractivity (Wildman–Crippen MR) is 129 cm³/mol. The molecule has 9 heteroatoms. The number of alkyl halides is 2. The number of rotatable bonds is 8. The number of aryl methyl sites for hydroxylation is 1. The number of guanidine groups is 1. The second kappa shape index (κ2) is 12.2. The maximum absolute atomic E-state index is 12.6. The summed E-state index contributed by atoms with van der Waals surface area (Å²) in [6.07, 6.45) is 4.59. The molecule has 166 valence electrons. The van der Waals surface area contributed by atoms with E-state index in [9.17, 15) is 8.78 Å². The molecule has 0 radical (unpaired) electrons. The molecule has 0 fully saturated rings. The molecule has 0 aliphatic rings. The van der Waals surface area contributed by atoms with Crippen LogP contribution in [-0.4, -0.2) is 35.9 Å². The monoisotopic (exact) mass is 541 g/mol. The first kappa shape index (κ1) is 24.6. The molecule has 0 unspecified atom stereocenters. The third-order valence-corrected chi connectivity index (χ3v) is 4.46. The largest absolute Gasteiger partial charge is 0.434 e. The molecule has 0 bridgehead atoms. The van der Waals surface area contributed by atoms with E-state index < -0.39 is 6.61 Å². The van der Waals surface area contributed by atoms with Gasteiger partial charge in [0.05, 0.1) is 11.9 Å². The maximum atomic E-state index is 12.6. The van der Waals surface area contributed by atoms with E-state index in [0.29, 0.717) is 24.6 Å². The van der Waals surface area contributed by atoms with E-state index in [2.05, 4.69) is 25.5 Å². The lowest BCUT2D eigenvalue weighted by Gasteiger charge is -2.15. The minimum atomic E-state index is -2.86. The van der Waals surface area contributed by atoms with Gasteiger partial charge in [-0.3, -0.25) is 4.99 Å². The Labute approximate surface area is 197 Å². The fourth-order valence-electron chi connectivity index (χ4n) is 2.99. The van der Waals surface area contributed by atoms with Crippen LogP contribution in [0.1, 0.15) is 16.7 Å². The zero-order valence-corrected chi connectivity index (χ0v) is 19.7. The molecule has 0 aliphatic carbocycles. The maximum Gasteiger partial charge on any atom is 0.387 e. The highest BCUT2D eigenvalue weighted by atomic mass is 127. The summed E-state index contributed by atoms with van der Waals surface area (Å²) in [5.41, 5.74) is 3.71. The summed E-state index contributed by atoms with van der Waals surface area (Å²) < 4.78 is 31.7. The van der Waals surface area contributed by atoms with E-state index in [1.54, 1.807) is 19.2 Å². The molecule has 3 rings (SSSR count). The smallest absolute Gasteiger partial charge is 0.387 e. The van der Waals surface area contributed by atoms with Gasteiger partial charge in [0.25, 0.3) is 0 Å². The Morgan fingerprint density at radius 1 is 1.16 bits per heavy atom. The average Bonchev–Trinajstić information content (AvgIpc) is 3.21. The van der Waals surface area contributed by atoms with Crippen molar-refractivity contribution in [2.45, 2.75) is 26.5 Å². The van der Waals surface area contributed by atoms with Crippen molar-refractivity contribution in [2.75, 3.05) is 13.6 Å². The molecule has 0 aliphatic heterocycles. The van der Waals surface area contributed by atoms with Gasteiger partial charge in [-0.15, -0.1) is 24.0 Å². The molecule has 1 heterocycles. The molecular formula is C22H26F2IN5O. The minimum Gasteiger partial charge on any atom is -0.434 e. The lowest BCUT2D eigenvalue weighted by Crippen LogP contribution is -2.38. The van der Waals surface area contributed by atoms with Crippen molar-refractivity contribution in [1.29, 1.82) is 0 Å². The number of benzene rings is 2. The SMILES string of the molecule is CN=C(NCCc1cnn(-c2ccccc2)c1)NCc1cc(C)ccc1OC(F)F.I. The highest BCUT2D eigenvalue weighted by Gasteiger charge is 2.10. The Bertz CT molecular complexity index is 979. The van der Waals surface area contributed by atoms with Gasteiger partial charge in [-0.05, 0) is 37.1 Å². The summed E-state index contributed by atoms with van der Waals surface area (Å²) in [6.45, 7) is 0.00267. The normalized spacial score (nSPS) is 11.2. The van der Waals surface area contributed by atoms with Gasteiger partial charge in [-0.1, -0.05) is 35.9 Å². The van der Waals surface area contributed by atoms with E-state index in [1.165, 1.54) is 0 Å². The number of hydrogen-bond donors (Lipinski definition) is 2. The topological polar surface area (TPSA) is 63.5 Å². The Balaban J connectivity index is 0.00000341. The molecule has 0 saturated carbocycles. The summed E-state index contributed by atoms with van der Waals surface area (Å²) in [5, 5.41) is 10.8. The van der Waals surface area contributed by atoms with Gasteiger partial charge < -0.3 is 15.4 Å². The standard InChI is InChI=1S/C22H25F2N5O.HI/c1-16-8-9-20(30-21(23)24)18(12-16)14-27-22(25-2)26-11-10-17-13-28-29(15-17)19-6-4-3-5-7-19;/h3-9,12-13,15,21H,10-11,14H2,1-2H3,(H2,25,26,27);1H. The summed E-state index contributed by atoms with van der Waals surface area (Å²) >= 11 is 0. The minimum absolute atomic E-state index is 0. The van der Waals surface area contributed by atoms with Crippen LogP contribution in [0, 0.1) is 6.92 Å².